The molecule has 0 radical (unpaired) electrons. The van der Waals surface area contributed by atoms with E-state index in [-0.39, 0.29) is 18.4 Å². The Morgan fingerprint density at radius 3 is 2.66 bits per heavy atom. The lowest BCUT2D eigenvalue weighted by atomic mass is 10.0. The molecular weight excluding hydrogens is 430 g/mol. The summed E-state index contributed by atoms with van der Waals surface area (Å²) in [5.41, 5.74) is 3.84. The molecule has 0 unspecified atom stereocenters. The third-order valence-corrected chi connectivity index (χ3v) is 5.46. The molecule has 0 saturated carbocycles. The summed E-state index contributed by atoms with van der Waals surface area (Å²) in [6.45, 7) is 2.49. The number of aliphatic hydroxyl groups excluding tert-OH is 1. The fraction of sp³-hybridized carbons (Fsp3) is 0.217. The van der Waals surface area contributed by atoms with Gasteiger partial charge in [-0.2, -0.15) is 10.4 Å². The number of hydrogen-bond acceptors (Lipinski definition) is 5. The first-order chi connectivity index (χ1) is 15.4. The minimum Gasteiger partial charge on any atom is -0.392 e. The van der Waals surface area contributed by atoms with Crippen molar-refractivity contribution >= 4 is 29.1 Å². The molecule has 1 aliphatic rings. The summed E-state index contributed by atoms with van der Waals surface area (Å²) in [5, 5.41) is 26.5. The van der Waals surface area contributed by atoms with Crippen molar-refractivity contribution in [1.82, 2.24) is 14.7 Å². The van der Waals surface area contributed by atoms with Gasteiger partial charge in [-0.1, -0.05) is 23.7 Å². The number of nitrogens with zero attached hydrogens (tertiary/aromatic N) is 4. The highest BCUT2D eigenvalue weighted by atomic mass is 35.5. The number of amides is 2. The molecule has 0 aliphatic carbocycles. The Morgan fingerprint density at radius 1 is 1.25 bits per heavy atom. The molecule has 0 fully saturated rings. The van der Waals surface area contributed by atoms with Crippen molar-refractivity contribution in [2.45, 2.75) is 26.6 Å². The smallest absolute Gasteiger partial charge is 0.272 e. The highest BCUT2D eigenvalue weighted by Crippen LogP contribution is 2.35. The van der Waals surface area contributed by atoms with Crippen LogP contribution in [0.3, 0.4) is 0 Å². The number of carbonyl (C=O) groups excluding carboxylic acids is 2. The molecule has 8 nitrogen and oxygen atoms in total. The van der Waals surface area contributed by atoms with Crippen LogP contribution in [0.15, 0.2) is 42.5 Å². The average Bonchev–Trinajstić information content (AvgIpc) is 3.20. The minimum absolute atomic E-state index is 0.167. The van der Waals surface area contributed by atoms with Crippen LogP contribution in [0.4, 0.5) is 5.69 Å². The summed E-state index contributed by atoms with van der Waals surface area (Å²) in [5.74, 6) is -0.453. The van der Waals surface area contributed by atoms with E-state index < -0.39 is 0 Å². The standard InChI is InChI=1S/C23H20ClN5O3/c1-14(31)26-19-9-18(24)8-17(13-30)22(19)20-10-21-23(32)28(6-7-29(21)27-20)12-16-4-2-15(11-25)3-5-16/h2-5,8-10,30H,6-7,12-13H2,1H3,(H,26,31). The quantitative estimate of drug-likeness (QED) is 0.621. The number of aliphatic hydroxyl groups is 1. The number of fused-ring (bicyclic) bond motifs is 1. The van der Waals surface area contributed by atoms with Crippen molar-refractivity contribution in [2.24, 2.45) is 0 Å². The van der Waals surface area contributed by atoms with E-state index in [0.29, 0.717) is 58.4 Å². The van der Waals surface area contributed by atoms with Crippen LogP contribution in [0.2, 0.25) is 5.02 Å². The van der Waals surface area contributed by atoms with Gasteiger partial charge in [0.25, 0.3) is 5.91 Å². The van der Waals surface area contributed by atoms with E-state index in [1.165, 1.54) is 6.92 Å². The van der Waals surface area contributed by atoms with Crippen LogP contribution in [-0.4, -0.2) is 38.1 Å². The number of halogens is 1. The summed E-state index contributed by atoms with van der Waals surface area (Å²) < 4.78 is 1.64. The zero-order chi connectivity index (χ0) is 22.8. The molecule has 9 heteroatoms. The van der Waals surface area contributed by atoms with E-state index >= 15 is 0 Å². The van der Waals surface area contributed by atoms with Gasteiger partial charge in [0.15, 0.2) is 0 Å². The number of rotatable bonds is 5. The van der Waals surface area contributed by atoms with Gasteiger partial charge < -0.3 is 15.3 Å². The number of hydrogen-bond donors (Lipinski definition) is 2. The molecule has 1 aliphatic heterocycles. The molecule has 32 heavy (non-hydrogen) atoms. The van der Waals surface area contributed by atoms with Crippen molar-refractivity contribution in [3.63, 3.8) is 0 Å². The van der Waals surface area contributed by atoms with Gasteiger partial charge in [0.05, 0.1) is 36.2 Å². The zero-order valence-corrected chi connectivity index (χ0v) is 18.1. The molecule has 0 saturated heterocycles. The summed E-state index contributed by atoms with van der Waals surface area (Å²) in [7, 11) is 0. The molecule has 2 amide bonds. The maximum atomic E-state index is 13.1. The van der Waals surface area contributed by atoms with Gasteiger partial charge in [-0.15, -0.1) is 0 Å². The van der Waals surface area contributed by atoms with Gasteiger partial charge in [-0.3, -0.25) is 14.3 Å². The lowest BCUT2D eigenvalue weighted by molar-refractivity contribution is -0.114. The van der Waals surface area contributed by atoms with Crippen LogP contribution in [0.5, 0.6) is 0 Å². The van der Waals surface area contributed by atoms with E-state index in [4.69, 9.17) is 16.9 Å². The SMILES string of the molecule is CC(=O)Nc1cc(Cl)cc(CO)c1-c1cc2n(n1)CCN(Cc1ccc(C#N)cc1)C2=O. The van der Waals surface area contributed by atoms with E-state index in [1.807, 2.05) is 12.1 Å². The Morgan fingerprint density at radius 2 is 2.00 bits per heavy atom. The first-order valence-electron chi connectivity index (χ1n) is 9.97. The molecule has 0 bridgehead atoms. The number of carbonyl (C=O) groups is 2. The fourth-order valence-corrected chi connectivity index (χ4v) is 4.04. The zero-order valence-electron chi connectivity index (χ0n) is 17.3. The molecule has 1 aromatic heterocycles. The Labute approximate surface area is 189 Å². The van der Waals surface area contributed by atoms with Gasteiger partial charge in [0.1, 0.15) is 5.69 Å². The van der Waals surface area contributed by atoms with E-state index in [9.17, 15) is 14.7 Å². The van der Waals surface area contributed by atoms with Gasteiger partial charge in [-0.25, -0.2) is 0 Å². The molecule has 4 rings (SSSR count). The summed E-state index contributed by atoms with van der Waals surface area (Å²) >= 11 is 6.14. The monoisotopic (exact) mass is 449 g/mol. The van der Waals surface area contributed by atoms with E-state index in [1.54, 1.807) is 39.9 Å². The molecule has 3 aromatic rings. The highest BCUT2D eigenvalue weighted by Gasteiger charge is 2.28. The maximum absolute atomic E-state index is 13.1. The predicted molar refractivity (Wildman–Crippen MR) is 119 cm³/mol. The molecule has 0 spiro atoms. The van der Waals surface area contributed by atoms with Gasteiger partial charge in [-0.05, 0) is 41.5 Å². The van der Waals surface area contributed by atoms with Crippen LogP contribution < -0.4 is 5.32 Å². The van der Waals surface area contributed by atoms with Gasteiger partial charge in [0, 0.05) is 30.6 Å². The third kappa shape index (κ3) is 4.21. The second kappa shape index (κ2) is 8.83. The van der Waals surface area contributed by atoms with Crippen molar-refractivity contribution in [3.05, 3.63) is 69.9 Å². The van der Waals surface area contributed by atoms with Gasteiger partial charge in [0.2, 0.25) is 5.91 Å². The topological polar surface area (TPSA) is 111 Å². The van der Waals surface area contributed by atoms with Crippen molar-refractivity contribution in [1.29, 1.82) is 5.26 Å². The molecule has 2 N–H and O–H groups in total. The Hall–Kier alpha value is -3.67. The Bertz CT molecular complexity index is 1240. The van der Waals surface area contributed by atoms with Crippen LogP contribution in [0.1, 0.15) is 34.1 Å². The summed E-state index contributed by atoms with van der Waals surface area (Å²) in [6.07, 6.45) is 0. The Balaban J connectivity index is 1.67. The third-order valence-electron chi connectivity index (χ3n) is 5.25. The van der Waals surface area contributed by atoms with Crippen LogP contribution in [0, 0.1) is 11.3 Å². The summed E-state index contributed by atoms with van der Waals surface area (Å²) in [4.78, 5) is 26.6. The second-order valence-corrected chi connectivity index (χ2v) is 7.94. The largest absolute Gasteiger partial charge is 0.392 e. The first-order valence-corrected chi connectivity index (χ1v) is 10.3. The fourth-order valence-electron chi connectivity index (χ4n) is 3.80. The van der Waals surface area contributed by atoms with Gasteiger partial charge >= 0.3 is 0 Å². The van der Waals surface area contributed by atoms with Crippen molar-refractivity contribution < 1.29 is 14.7 Å². The Kier molecular flexibility index (Phi) is 5.95. The number of nitrogens with one attached hydrogen (secondary N) is 1. The molecule has 2 heterocycles. The first kappa shape index (κ1) is 21.6. The van der Waals surface area contributed by atoms with Crippen LogP contribution in [-0.2, 0) is 24.5 Å². The highest BCUT2D eigenvalue weighted by molar-refractivity contribution is 6.31. The predicted octanol–water partition coefficient (Wildman–Crippen LogP) is 3.18. The summed E-state index contributed by atoms with van der Waals surface area (Å²) in [6, 6.07) is 14.1. The molecule has 162 valence electrons. The number of anilines is 1. The lowest BCUT2D eigenvalue weighted by Gasteiger charge is -2.27. The normalized spacial score (nSPS) is 12.9. The maximum Gasteiger partial charge on any atom is 0.272 e. The molecule has 2 aromatic carbocycles. The second-order valence-electron chi connectivity index (χ2n) is 7.50. The number of aromatic nitrogens is 2. The minimum atomic E-state index is -0.302. The van der Waals surface area contributed by atoms with E-state index in [0.717, 1.165) is 5.56 Å². The van der Waals surface area contributed by atoms with Crippen molar-refractivity contribution in [2.75, 3.05) is 11.9 Å². The number of benzene rings is 2. The molecule has 0 atom stereocenters. The van der Waals surface area contributed by atoms with Crippen molar-refractivity contribution in [3.8, 4) is 17.3 Å². The average molecular weight is 450 g/mol. The van der Waals surface area contributed by atoms with Crippen LogP contribution in [0.25, 0.3) is 11.3 Å². The molecular formula is C23H20ClN5O3. The van der Waals surface area contributed by atoms with Crippen LogP contribution >= 0.6 is 11.6 Å². The number of nitriles is 1. The lowest BCUT2D eigenvalue weighted by Crippen LogP contribution is -2.39. The van der Waals surface area contributed by atoms with E-state index in [2.05, 4.69) is 16.5 Å².